The molecule has 1 aliphatic heterocycles. The highest BCUT2D eigenvalue weighted by atomic mass is 19.1. The van der Waals surface area contributed by atoms with E-state index in [1.165, 1.54) is 12.1 Å². The van der Waals surface area contributed by atoms with Crippen molar-refractivity contribution in [2.24, 2.45) is 5.92 Å². The second-order valence-electron chi connectivity index (χ2n) is 6.42. The molecule has 1 fully saturated rings. The molecular weight excluding hydrogens is 309 g/mol. The minimum absolute atomic E-state index is 0.0117. The molecular formula is C18H26FN3O2. The topological polar surface area (TPSA) is 52.7 Å². The van der Waals surface area contributed by atoms with Crippen molar-refractivity contribution in [2.45, 2.75) is 32.4 Å². The lowest BCUT2D eigenvalue weighted by Gasteiger charge is -2.36. The quantitative estimate of drug-likeness (QED) is 0.890. The molecule has 1 N–H and O–H groups in total. The molecule has 1 aromatic carbocycles. The summed E-state index contributed by atoms with van der Waals surface area (Å²) in [5, 5.41) is 2.69. The first-order valence-corrected chi connectivity index (χ1v) is 8.37. The lowest BCUT2D eigenvalue weighted by atomic mass is 9.95. The number of hydrogen-bond donors (Lipinski definition) is 1. The Bertz CT molecular complexity index is 585. The average molecular weight is 335 g/mol. The maximum atomic E-state index is 13.3. The number of benzene rings is 1. The summed E-state index contributed by atoms with van der Waals surface area (Å²) in [7, 11) is 3.39. The first-order chi connectivity index (χ1) is 11.4. The summed E-state index contributed by atoms with van der Waals surface area (Å²) >= 11 is 0. The maximum Gasteiger partial charge on any atom is 0.239 e. The highest BCUT2D eigenvalue weighted by Gasteiger charge is 2.30. The van der Waals surface area contributed by atoms with Gasteiger partial charge < -0.3 is 10.2 Å². The number of carbonyl (C=O) groups is 2. The van der Waals surface area contributed by atoms with Gasteiger partial charge in [0.2, 0.25) is 11.8 Å². The molecule has 1 atom stereocenters. The van der Waals surface area contributed by atoms with E-state index in [0.29, 0.717) is 6.54 Å². The molecule has 0 radical (unpaired) electrons. The zero-order valence-electron chi connectivity index (χ0n) is 14.6. The highest BCUT2D eigenvalue weighted by Crippen LogP contribution is 2.20. The van der Waals surface area contributed by atoms with Crippen molar-refractivity contribution < 1.29 is 14.0 Å². The fraction of sp³-hybridized carbons (Fsp3) is 0.556. The van der Waals surface area contributed by atoms with Gasteiger partial charge in [-0.15, -0.1) is 0 Å². The Morgan fingerprint density at radius 1 is 1.38 bits per heavy atom. The Morgan fingerprint density at radius 3 is 2.62 bits per heavy atom. The van der Waals surface area contributed by atoms with E-state index < -0.39 is 0 Å². The Labute approximate surface area is 142 Å². The smallest absolute Gasteiger partial charge is 0.239 e. The molecule has 1 aliphatic rings. The predicted molar refractivity (Wildman–Crippen MR) is 90.7 cm³/mol. The van der Waals surface area contributed by atoms with Crippen LogP contribution in [0.4, 0.5) is 4.39 Å². The minimum atomic E-state index is -0.294. The second kappa shape index (κ2) is 8.24. The summed E-state index contributed by atoms with van der Waals surface area (Å²) in [6, 6.07) is 6.06. The SMILES string of the molecule is CNC(=O)C1CCN(C(C)C(=O)N(C)Cc2cccc(F)c2)CC1. The Balaban J connectivity index is 1.89. The monoisotopic (exact) mass is 335 g/mol. The summed E-state index contributed by atoms with van der Waals surface area (Å²) in [5.74, 6) is -0.161. The van der Waals surface area contributed by atoms with Crippen molar-refractivity contribution in [1.29, 1.82) is 0 Å². The molecule has 0 aliphatic carbocycles. The van der Waals surface area contributed by atoms with Gasteiger partial charge in [0.25, 0.3) is 0 Å². The van der Waals surface area contributed by atoms with Gasteiger partial charge in [0.15, 0.2) is 0 Å². The number of likely N-dealkylation sites (tertiary alicyclic amines) is 1. The number of amides is 2. The van der Waals surface area contributed by atoms with E-state index in [0.717, 1.165) is 31.5 Å². The van der Waals surface area contributed by atoms with Crippen molar-refractivity contribution in [3.05, 3.63) is 35.6 Å². The molecule has 0 aromatic heterocycles. The van der Waals surface area contributed by atoms with E-state index in [4.69, 9.17) is 0 Å². The van der Waals surface area contributed by atoms with Gasteiger partial charge in [-0.05, 0) is 50.6 Å². The van der Waals surface area contributed by atoms with Gasteiger partial charge in [0.05, 0.1) is 6.04 Å². The lowest BCUT2D eigenvalue weighted by Crippen LogP contribution is -2.49. The van der Waals surface area contributed by atoms with Crippen LogP contribution in [-0.2, 0) is 16.1 Å². The van der Waals surface area contributed by atoms with Gasteiger partial charge in [-0.2, -0.15) is 0 Å². The molecule has 132 valence electrons. The summed E-state index contributed by atoms with van der Waals surface area (Å²) in [5.41, 5.74) is 0.774. The number of carbonyl (C=O) groups excluding carboxylic acids is 2. The number of likely N-dealkylation sites (N-methyl/N-ethyl adjacent to an activating group) is 1. The highest BCUT2D eigenvalue weighted by molar-refractivity contribution is 5.81. The molecule has 0 bridgehead atoms. The largest absolute Gasteiger partial charge is 0.359 e. The van der Waals surface area contributed by atoms with E-state index in [2.05, 4.69) is 10.2 Å². The second-order valence-corrected chi connectivity index (χ2v) is 6.42. The lowest BCUT2D eigenvalue weighted by molar-refractivity contribution is -0.136. The molecule has 0 spiro atoms. The van der Waals surface area contributed by atoms with Crippen LogP contribution in [0.1, 0.15) is 25.3 Å². The van der Waals surface area contributed by atoms with E-state index >= 15 is 0 Å². The van der Waals surface area contributed by atoms with E-state index in [9.17, 15) is 14.0 Å². The first-order valence-electron chi connectivity index (χ1n) is 8.37. The number of piperidine rings is 1. The molecule has 2 amide bonds. The van der Waals surface area contributed by atoms with Gasteiger partial charge in [0, 0.05) is 26.6 Å². The number of halogens is 1. The average Bonchev–Trinajstić information content (AvgIpc) is 2.59. The molecule has 24 heavy (non-hydrogen) atoms. The Morgan fingerprint density at radius 2 is 2.04 bits per heavy atom. The maximum absolute atomic E-state index is 13.3. The summed E-state index contributed by atoms with van der Waals surface area (Å²) in [6.45, 7) is 3.75. The first kappa shape index (κ1) is 18.4. The van der Waals surface area contributed by atoms with Crippen LogP contribution < -0.4 is 5.32 Å². The van der Waals surface area contributed by atoms with E-state index in [1.807, 2.05) is 13.0 Å². The summed E-state index contributed by atoms with van der Waals surface area (Å²) in [6.07, 6.45) is 1.54. The van der Waals surface area contributed by atoms with Crippen molar-refractivity contribution >= 4 is 11.8 Å². The number of rotatable bonds is 5. The third-order valence-electron chi connectivity index (χ3n) is 4.74. The molecule has 1 aromatic rings. The number of nitrogens with one attached hydrogen (secondary N) is 1. The van der Waals surface area contributed by atoms with Crippen LogP contribution in [0.5, 0.6) is 0 Å². The van der Waals surface area contributed by atoms with Crippen LogP contribution in [0.15, 0.2) is 24.3 Å². The number of nitrogens with zero attached hydrogens (tertiary/aromatic N) is 2. The molecule has 1 heterocycles. The standard InChI is InChI=1S/C18H26FN3O2/c1-13(22-9-7-15(8-10-22)17(23)20-2)18(24)21(3)12-14-5-4-6-16(19)11-14/h4-6,11,13,15H,7-10,12H2,1-3H3,(H,20,23). The Kier molecular flexibility index (Phi) is 6.31. The van der Waals surface area contributed by atoms with Crippen LogP contribution in [0.2, 0.25) is 0 Å². The van der Waals surface area contributed by atoms with Gasteiger partial charge in [-0.1, -0.05) is 12.1 Å². The Hall–Kier alpha value is -1.95. The van der Waals surface area contributed by atoms with Crippen LogP contribution in [0.25, 0.3) is 0 Å². The summed E-state index contributed by atoms with van der Waals surface area (Å²) in [4.78, 5) is 28.0. The van der Waals surface area contributed by atoms with Gasteiger partial charge >= 0.3 is 0 Å². The minimum Gasteiger partial charge on any atom is -0.359 e. The molecule has 0 saturated carbocycles. The molecule has 1 unspecified atom stereocenters. The van der Waals surface area contributed by atoms with Gasteiger partial charge in [-0.25, -0.2) is 4.39 Å². The van der Waals surface area contributed by atoms with Crippen LogP contribution in [0.3, 0.4) is 0 Å². The summed E-state index contributed by atoms with van der Waals surface area (Å²) < 4.78 is 13.3. The van der Waals surface area contributed by atoms with Crippen LogP contribution >= 0.6 is 0 Å². The fourth-order valence-corrected chi connectivity index (χ4v) is 3.22. The predicted octanol–water partition coefficient (Wildman–Crippen LogP) is 1.63. The zero-order valence-corrected chi connectivity index (χ0v) is 14.6. The van der Waals surface area contributed by atoms with Crippen molar-refractivity contribution in [3.8, 4) is 0 Å². The molecule has 2 rings (SSSR count). The third kappa shape index (κ3) is 4.54. The van der Waals surface area contributed by atoms with Crippen molar-refractivity contribution in [3.63, 3.8) is 0 Å². The normalized spacial score (nSPS) is 17.3. The van der Waals surface area contributed by atoms with E-state index in [-0.39, 0.29) is 29.6 Å². The van der Waals surface area contributed by atoms with Gasteiger partial charge in [0.1, 0.15) is 5.82 Å². The zero-order chi connectivity index (χ0) is 17.7. The van der Waals surface area contributed by atoms with Crippen LogP contribution in [-0.4, -0.2) is 54.8 Å². The van der Waals surface area contributed by atoms with Crippen molar-refractivity contribution in [1.82, 2.24) is 15.1 Å². The third-order valence-corrected chi connectivity index (χ3v) is 4.74. The van der Waals surface area contributed by atoms with E-state index in [1.54, 1.807) is 25.1 Å². The molecule has 1 saturated heterocycles. The van der Waals surface area contributed by atoms with Crippen molar-refractivity contribution in [2.75, 3.05) is 27.2 Å². The molecule has 6 heteroatoms. The number of hydrogen-bond acceptors (Lipinski definition) is 3. The van der Waals surface area contributed by atoms with Gasteiger partial charge in [-0.3, -0.25) is 14.5 Å². The fourth-order valence-electron chi connectivity index (χ4n) is 3.22. The molecule has 5 nitrogen and oxygen atoms in total. The van der Waals surface area contributed by atoms with Crippen LogP contribution in [0, 0.1) is 11.7 Å².